The van der Waals surface area contributed by atoms with Gasteiger partial charge >= 0.3 is 0 Å². The summed E-state index contributed by atoms with van der Waals surface area (Å²) in [6, 6.07) is 4.52. The standard InChI is InChI=1S/C21H32O/c1-16-14-17(20(2)10-6-4-7-11-20)19(22)18(15-16)21(3)12-8-5-9-13-21/h14-15,22H,4-13H2,1-3H3. The number of aromatic hydroxyl groups is 1. The van der Waals surface area contributed by atoms with Gasteiger partial charge in [0.1, 0.15) is 5.75 Å². The zero-order valence-electron chi connectivity index (χ0n) is 14.7. The van der Waals surface area contributed by atoms with Gasteiger partial charge in [-0.3, -0.25) is 0 Å². The van der Waals surface area contributed by atoms with Gasteiger partial charge < -0.3 is 5.11 Å². The molecule has 1 N–H and O–H groups in total. The van der Waals surface area contributed by atoms with E-state index < -0.39 is 0 Å². The highest BCUT2D eigenvalue weighted by Gasteiger charge is 2.36. The number of hydrogen-bond donors (Lipinski definition) is 1. The number of aryl methyl sites for hydroxylation is 1. The molecule has 3 rings (SSSR count). The maximum absolute atomic E-state index is 11.1. The molecule has 1 aromatic rings. The van der Waals surface area contributed by atoms with Crippen LogP contribution in [0.3, 0.4) is 0 Å². The second kappa shape index (κ2) is 5.91. The summed E-state index contributed by atoms with van der Waals surface area (Å²) in [4.78, 5) is 0. The van der Waals surface area contributed by atoms with Gasteiger partial charge in [0.05, 0.1) is 0 Å². The Balaban J connectivity index is 2.05. The van der Waals surface area contributed by atoms with Gasteiger partial charge in [-0.15, -0.1) is 0 Å². The molecule has 0 aliphatic heterocycles. The van der Waals surface area contributed by atoms with Crippen molar-refractivity contribution in [1.29, 1.82) is 0 Å². The third kappa shape index (κ3) is 2.79. The van der Waals surface area contributed by atoms with Crippen molar-refractivity contribution in [2.75, 3.05) is 0 Å². The lowest BCUT2D eigenvalue weighted by Crippen LogP contribution is -2.29. The molecule has 0 bridgehead atoms. The van der Waals surface area contributed by atoms with Gasteiger partial charge in [0.15, 0.2) is 0 Å². The second-order valence-corrected chi connectivity index (χ2v) is 8.45. The van der Waals surface area contributed by atoms with Crippen LogP contribution in [0.4, 0.5) is 0 Å². The summed E-state index contributed by atoms with van der Waals surface area (Å²) in [5.41, 5.74) is 4.13. The normalized spacial score (nSPS) is 24.1. The van der Waals surface area contributed by atoms with Crippen molar-refractivity contribution < 1.29 is 5.11 Å². The number of benzene rings is 1. The first-order valence-corrected chi connectivity index (χ1v) is 9.29. The number of phenols is 1. The van der Waals surface area contributed by atoms with Crippen LogP contribution in [0, 0.1) is 6.92 Å². The van der Waals surface area contributed by atoms with E-state index in [1.165, 1.54) is 80.9 Å². The maximum atomic E-state index is 11.1. The van der Waals surface area contributed by atoms with Crippen LogP contribution < -0.4 is 0 Å². The fraction of sp³-hybridized carbons (Fsp3) is 0.714. The molecule has 0 unspecified atom stereocenters. The predicted octanol–water partition coefficient (Wildman–Crippen LogP) is 6.14. The molecule has 0 amide bonds. The van der Waals surface area contributed by atoms with E-state index in [1.54, 1.807) is 0 Å². The van der Waals surface area contributed by atoms with E-state index in [9.17, 15) is 5.11 Å². The first-order valence-electron chi connectivity index (χ1n) is 9.29. The smallest absolute Gasteiger partial charge is 0.123 e. The molecule has 0 aromatic heterocycles. The summed E-state index contributed by atoms with van der Waals surface area (Å²) < 4.78 is 0. The van der Waals surface area contributed by atoms with Crippen LogP contribution in [0.1, 0.15) is 94.7 Å². The molecule has 0 spiro atoms. The summed E-state index contributed by atoms with van der Waals surface area (Å²) in [5.74, 6) is 0.624. The second-order valence-electron chi connectivity index (χ2n) is 8.45. The average Bonchev–Trinajstić information content (AvgIpc) is 2.50. The van der Waals surface area contributed by atoms with Crippen LogP contribution in [0.25, 0.3) is 0 Å². The summed E-state index contributed by atoms with van der Waals surface area (Å²) in [7, 11) is 0. The minimum atomic E-state index is 0.175. The molecular formula is C21H32O. The Morgan fingerprint density at radius 2 is 1.09 bits per heavy atom. The minimum Gasteiger partial charge on any atom is -0.507 e. The van der Waals surface area contributed by atoms with Crippen molar-refractivity contribution in [3.63, 3.8) is 0 Å². The number of phenolic OH excluding ortho intramolecular Hbond substituents is 1. The third-order valence-electron chi connectivity index (χ3n) is 6.47. The number of rotatable bonds is 2. The highest BCUT2D eigenvalue weighted by Crippen LogP contribution is 2.49. The lowest BCUT2D eigenvalue weighted by Gasteiger charge is -2.39. The van der Waals surface area contributed by atoms with E-state index in [0.29, 0.717) is 5.75 Å². The van der Waals surface area contributed by atoms with Crippen LogP contribution in [-0.4, -0.2) is 5.11 Å². The quantitative estimate of drug-likeness (QED) is 0.695. The topological polar surface area (TPSA) is 20.2 Å². The summed E-state index contributed by atoms with van der Waals surface area (Å²) in [6.45, 7) is 6.94. The lowest BCUT2D eigenvalue weighted by molar-refractivity contribution is 0.290. The third-order valence-corrected chi connectivity index (χ3v) is 6.47. The Labute approximate surface area is 136 Å². The van der Waals surface area contributed by atoms with E-state index in [1.807, 2.05) is 0 Å². The first kappa shape index (κ1) is 15.9. The lowest BCUT2D eigenvalue weighted by atomic mass is 9.66. The van der Waals surface area contributed by atoms with E-state index >= 15 is 0 Å². The van der Waals surface area contributed by atoms with Crippen LogP contribution in [-0.2, 0) is 10.8 Å². The number of hydrogen-bond acceptors (Lipinski definition) is 1. The molecule has 122 valence electrons. The molecule has 1 nitrogen and oxygen atoms in total. The van der Waals surface area contributed by atoms with Crippen LogP contribution in [0.2, 0.25) is 0 Å². The van der Waals surface area contributed by atoms with Crippen LogP contribution in [0.5, 0.6) is 5.75 Å². The van der Waals surface area contributed by atoms with E-state index in [4.69, 9.17) is 0 Å². The van der Waals surface area contributed by atoms with Crippen LogP contribution in [0.15, 0.2) is 12.1 Å². The van der Waals surface area contributed by atoms with Crippen molar-refractivity contribution in [2.24, 2.45) is 0 Å². The summed E-state index contributed by atoms with van der Waals surface area (Å²) >= 11 is 0. The fourth-order valence-corrected chi connectivity index (χ4v) is 4.90. The van der Waals surface area contributed by atoms with Gasteiger partial charge in [0.2, 0.25) is 0 Å². The molecule has 1 aromatic carbocycles. The highest BCUT2D eigenvalue weighted by molar-refractivity contribution is 5.50. The van der Waals surface area contributed by atoms with Crippen molar-refractivity contribution in [3.05, 3.63) is 28.8 Å². The molecule has 2 aliphatic rings. The Morgan fingerprint density at radius 3 is 1.45 bits per heavy atom. The average molecular weight is 300 g/mol. The molecular weight excluding hydrogens is 268 g/mol. The molecule has 0 atom stereocenters. The molecule has 22 heavy (non-hydrogen) atoms. The highest BCUT2D eigenvalue weighted by atomic mass is 16.3. The van der Waals surface area contributed by atoms with Gasteiger partial charge in [-0.2, -0.15) is 0 Å². The monoisotopic (exact) mass is 300 g/mol. The van der Waals surface area contributed by atoms with Crippen molar-refractivity contribution in [2.45, 2.75) is 95.8 Å². The van der Waals surface area contributed by atoms with Gasteiger partial charge in [0.25, 0.3) is 0 Å². The van der Waals surface area contributed by atoms with E-state index in [-0.39, 0.29) is 10.8 Å². The first-order chi connectivity index (χ1) is 10.4. The summed E-state index contributed by atoms with van der Waals surface area (Å²) in [5, 5.41) is 11.1. The van der Waals surface area contributed by atoms with Gasteiger partial charge in [-0.05, 0) is 43.4 Å². The zero-order chi connectivity index (χ0) is 15.8. The maximum Gasteiger partial charge on any atom is 0.123 e. The van der Waals surface area contributed by atoms with Gasteiger partial charge in [-0.25, -0.2) is 0 Å². The molecule has 0 saturated heterocycles. The largest absolute Gasteiger partial charge is 0.507 e. The SMILES string of the molecule is Cc1cc(C2(C)CCCCC2)c(O)c(C2(C)CCCCC2)c1. The Morgan fingerprint density at radius 1 is 0.727 bits per heavy atom. The molecule has 1 heteroatoms. The molecule has 2 saturated carbocycles. The van der Waals surface area contributed by atoms with Crippen molar-refractivity contribution in [1.82, 2.24) is 0 Å². The Bertz CT molecular complexity index is 486. The summed E-state index contributed by atoms with van der Waals surface area (Å²) in [6.07, 6.45) is 12.8. The molecule has 2 aliphatic carbocycles. The van der Waals surface area contributed by atoms with Crippen molar-refractivity contribution >= 4 is 0 Å². The van der Waals surface area contributed by atoms with E-state index in [0.717, 1.165) is 0 Å². The van der Waals surface area contributed by atoms with E-state index in [2.05, 4.69) is 32.9 Å². The molecule has 0 heterocycles. The minimum absolute atomic E-state index is 0.175. The van der Waals surface area contributed by atoms with Gasteiger partial charge in [-0.1, -0.05) is 70.1 Å². The zero-order valence-corrected chi connectivity index (χ0v) is 14.7. The fourth-order valence-electron chi connectivity index (χ4n) is 4.90. The Kier molecular flexibility index (Phi) is 4.27. The van der Waals surface area contributed by atoms with Crippen LogP contribution >= 0.6 is 0 Å². The molecule has 2 fully saturated rings. The predicted molar refractivity (Wildman–Crippen MR) is 93.7 cm³/mol. The van der Waals surface area contributed by atoms with Gasteiger partial charge in [0, 0.05) is 11.1 Å². The Hall–Kier alpha value is -0.980. The van der Waals surface area contributed by atoms with Crippen molar-refractivity contribution in [3.8, 4) is 5.75 Å². The molecule has 0 radical (unpaired) electrons.